The van der Waals surface area contributed by atoms with E-state index in [9.17, 15) is 9.59 Å². The highest BCUT2D eigenvalue weighted by atomic mass is 16.4. The van der Waals surface area contributed by atoms with Crippen LogP contribution in [0.3, 0.4) is 0 Å². The number of nitrogens with zero attached hydrogens (tertiary/aromatic N) is 1. The molecule has 1 aliphatic heterocycles. The van der Waals surface area contributed by atoms with Crippen LogP contribution in [-0.2, 0) is 0 Å². The number of aromatic carboxylic acids is 1. The lowest BCUT2D eigenvalue weighted by Gasteiger charge is -2.16. The number of amides is 1. The second kappa shape index (κ2) is 4.90. The SMILES string of the molecule is N[C@@H]1CN(C(=O)c2cccc(C(=O)O)c2)C[C@H]1C1CC1. The van der Waals surface area contributed by atoms with Crippen molar-refractivity contribution in [2.24, 2.45) is 17.6 Å². The molecule has 1 heterocycles. The molecule has 0 bridgehead atoms. The van der Waals surface area contributed by atoms with E-state index in [2.05, 4.69) is 0 Å². The summed E-state index contributed by atoms with van der Waals surface area (Å²) >= 11 is 0. The van der Waals surface area contributed by atoms with E-state index in [0.717, 1.165) is 0 Å². The van der Waals surface area contributed by atoms with Crippen molar-refractivity contribution in [2.45, 2.75) is 18.9 Å². The summed E-state index contributed by atoms with van der Waals surface area (Å²) in [5.41, 5.74) is 6.68. The van der Waals surface area contributed by atoms with Gasteiger partial charge < -0.3 is 15.7 Å². The normalized spacial score (nSPS) is 25.8. The molecule has 0 unspecified atom stereocenters. The van der Waals surface area contributed by atoms with Gasteiger partial charge in [-0.15, -0.1) is 0 Å². The monoisotopic (exact) mass is 274 g/mol. The molecule has 1 aromatic carbocycles. The number of benzene rings is 1. The van der Waals surface area contributed by atoms with Gasteiger partial charge in [0.25, 0.3) is 5.91 Å². The van der Waals surface area contributed by atoms with Gasteiger partial charge in [0, 0.05) is 24.7 Å². The van der Waals surface area contributed by atoms with Gasteiger partial charge in [0.2, 0.25) is 0 Å². The Morgan fingerprint density at radius 1 is 1.20 bits per heavy atom. The molecule has 20 heavy (non-hydrogen) atoms. The maximum Gasteiger partial charge on any atom is 0.335 e. The van der Waals surface area contributed by atoms with E-state index in [1.165, 1.54) is 25.0 Å². The van der Waals surface area contributed by atoms with Crippen molar-refractivity contribution < 1.29 is 14.7 Å². The minimum Gasteiger partial charge on any atom is -0.478 e. The second-order valence-corrected chi connectivity index (χ2v) is 5.76. The first-order valence-corrected chi connectivity index (χ1v) is 6.94. The van der Waals surface area contributed by atoms with Crippen LogP contribution in [0.25, 0.3) is 0 Å². The zero-order valence-electron chi connectivity index (χ0n) is 11.2. The molecule has 1 saturated carbocycles. The third-order valence-electron chi connectivity index (χ3n) is 4.28. The molecule has 0 radical (unpaired) electrons. The summed E-state index contributed by atoms with van der Waals surface area (Å²) in [5, 5.41) is 8.98. The quantitative estimate of drug-likeness (QED) is 0.867. The van der Waals surface area contributed by atoms with Crippen molar-refractivity contribution >= 4 is 11.9 Å². The third kappa shape index (κ3) is 2.41. The van der Waals surface area contributed by atoms with Gasteiger partial charge in [0.05, 0.1) is 5.56 Å². The summed E-state index contributed by atoms with van der Waals surface area (Å²) in [5.74, 6) is -0.0601. The van der Waals surface area contributed by atoms with Crippen LogP contribution >= 0.6 is 0 Å². The first-order valence-electron chi connectivity index (χ1n) is 6.94. The Labute approximate surface area is 117 Å². The van der Waals surface area contributed by atoms with E-state index in [-0.39, 0.29) is 17.5 Å². The molecule has 1 saturated heterocycles. The van der Waals surface area contributed by atoms with Crippen molar-refractivity contribution in [1.82, 2.24) is 4.90 Å². The topological polar surface area (TPSA) is 83.6 Å². The average molecular weight is 274 g/mol. The minimum atomic E-state index is -1.02. The fourth-order valence-electron chi connectivity index (χ4n) is 3.01. The van der Waals surface area contributed by atoms with Crippen molar-refractivity contribution in [2.75, 3.05) is 13.1 Å². The van der Waals surface area contributed by atoms with E-state index in [1.54, 1.807) is 17.0 Å². The van der Waals surface area contributed by atoms with E-state index in [1.807, 2.05) is 0 Å². The fourth-order valence-corrected chi connectivity index (χ4v) is 3.01. The highest BCUT2D eigenvalue weighted by Gasteiger charge is 2.42. The molecule has 3 N–H and O–H groups in total. The Morgan fingerprint density at radius 3 is 2.55 bits per heavy atom. The Kier molecular flexibility index (Phi) is 3.22. The number of carboxylic acid groups (broad SMARTS) is 1. The molecule has 2 atom stereocenters. The number of nitrogens with two attached hydrogens (primary N) is 1. The van der Waals surface area contributed by atoms with Crippen LogP contribution in [0.5, 0.6) is 0 Å². The maximum absolute atomic E-state index is 12.4. The highest BCUT2D eigenvalue weighted by Crippen LogP contribution is 2.41. The third-order valence-corrected chi connectivity index (χ3v) is 4.28. The summed E-state index contributed by atoms with van der Waals surface area (Å²) in [4.78, 5) is 25.1. The lowest BCUT2D eigenvalue weighted by molar-refractivity contribution is 0.0697. The Balaban J connectivity index is 1.76. The van der Waals surface area contributed by atoms with E-state index >= 15 is 0 Å². The van der Waals surface area contributed by atoms with E-state index in [4.69, 9.17) is 10.8 Å². The predicted molar refractivity (Wildman–Crippen MR) is 73.5 cm³/mol. The van der Waals surface area contributed by atoms with E-state index in [0.29, 0.717) is 30.5 Å². The molecule has 106 valence electrons. The average Bonchev–Trinajstić information content (AvgIpc) is 3.21. The van der Waals surface area contributed by atoms with Crippen molar-refractivity contribution in [3.63, 3.8) is 0 Å². The van der Waals surface area contributed by atoms with Crippen LogP contribution in [0.4, 0.5) is 0 Å². The number of carboxylic acids is 1. The molecule has 2 fully saturated rings. The lowest BCUT2D eigenvalue weighted by Crippen LogP contribution is -2.32. The summed E-state index contributed by atoms with van der Waals surface area (Å²) in [6.45, 7) is 1.26. The van der Waals surface area contributed by atoms with Crippen molar-refractivity contribution in [1.29, 1.82) is 0 Å². The lowest BCUT2D eigenvalue weighted by atomic mass is 9.99. The van der Waals surface area contributed by atoms with Crippen LogP contribution in [-0.4, -0.2) is 41.0 Å². The van der Waals surface area contributed by atoms with Crippen LogP contribution < -0.4 is 5.73 Å². The first kappa shape index (κ1) is 13.1. The number of rotatable bonds is 3. The Bertz CT molecular complexity index is 554. The Morgan fingerprint density at radius 2 is 1.90 bits per heavy atom. The van der Waals surface area contributed by atoms with Gasteiger partial charge >= 0.3 is 5.97 Å². The van der Waals surface area contributed by atoms with Gasteiger partial charge in [-0.1, -0.05) is 6.07 Å². The molecule has 5 nitrogen and oxygen atoms in total. The van der Waals surface area contributed by atoms with E-state index < -0.39 is 5.97 Å². The largest absolute Gasteiger partial charge is 0.478 e. The molecule has 5 heteroatoms. The first-order chi connectivity index (χ1) is 9.56. The zero-order chi connectivity index (χ0) is 14.3. The minimum absolute atomic E-state index is 0.0501. The molecular formula is C15H18N2O3. The van der Waals surface area contributed by atoms with Crippen molar-refractivity contribution in [3.05, 3.63) is 35.4 Å². The van der Waals surface area contributed by atoms with Gasteiger partial charge in [-0.05, 0) is 42.9 Å². The molecule has 1 aliphatic carbocycles. The number of hydrogen-bond donors (Lipinski definition) is 2. The number of carbonyl (C=O) groups is 2. The highest BCUT2D eigenvalue weighted by molar-refractivity contribution is 5.97. The molecule has 0 aromatic heterocycles. The van der Waals surface area contributed by atoms with Crippen LogP contribution in [0.15, 0.2) is 24.3 Å². The van der Waals surface area contributed by atoms with Crippen LogP contribution in [0.1, 0.15) is 33.6 Å². The molecule has 1 aromatic rings. The molecule has 3 rings (SSSR count). The number of hydrogen-bond acceptors (Lipinski definition) is 3. The Hall–Kier alpha value is -1.88. The standard InChI is InChI=1S/C15H18N2O3/c16-13-8-17(7-12(13)9-4-5-9)14(18)10-2-1-3-11(6-10)15(19)20/h1-3,6,9,12-13H,4-5,7-8,16H2,(H,19,20)/t12-,13+/m0/s1. The van der Waals surface area contributed by atoms with Crippen LogP contribution in [0.2, 0.25) is 0 Å². The summed E-state index contributed by atoms with van der Waals surface area (Å²) in [6.07, 6.45) is 2.43. The number of likely N-dealkylation sites (tertiary alicyclic amines) is 1. The maximum atomic E-state index is 12.4. The van der Waals surface area contributed by atoms with Gasteiger partial charge in [-0.25, -0.2) is 4.79 Å². The van der Waals surface area contributed by atoms with Crippen LogP contribution in [0, 0.1) is 11.8 Å². The van der Waals surface area contributed by atoms with Gasteiger partial charge in [0.1, 0.15) is 0 Å². The fraction of sp³-hybridized carbons (Fsp3) is 0.467. The predicted octanol–water partition coefficient (Wildman–Crippen LogP) is 1.19. The van der Waals surface area contributed by atoms with Gasteiger partial charge in [-0.3, -0.25) is 4.79 Å². The summed E-state index contributed by atoms with van der Waals surface area (Å²) in [7, 11) is 0. The second-order valence-electron chi connectivity index (χ2n) is 5.76. The van der Waals surface area contributed by atoms with Gasteiger partial charge in [-0.2, -0.15) is 0 Å². The molecule has 2 aliphatic rings. The smallest absolute Gasteiger partial charge is 0.335 e. The van der Waals surface area contributed by atoms with Crippen molar-refractivity contribution in [3.8, 4) is 0 Å². The number of carbonyl (C=O) groups excluding carboxylic acids is 1. The van der Waals surface area contributed by atoms with Gasteiger partial charge in [0.15, 0.2) is 0 Å². The molecular weight excluding hydrogens is 256 g/mol. The zero-order valence-corrected chi connectivity index (χ0v) is 11.2. The molecule has 0 spiro atoms. The molecule has 1 amide bonds. The summed E-state index contributed by atoms with van der Waals surface area (Å²) in [6, 6.07) is 6.23. The summed E-state index contributed by atoms with van der Waals surface area (Å²) < 4.78 is 0.